The lowest BCUT2D eigenvalue weighted by Gasteiger charge is -2.35. The van der Waals surface area contributed by atoms with Gasteiger partial charge in [-0.1, -0.05) is 27.7 Å². The molecular weight excluding hydrogens is 332 g/mol. The molecule has 142 valence electrons. The minimum absolute atomic E-state index is 0.477. The Morgan fingerprint density at radius 1 is 1.28 bits per heavy atom. The van der Waals surface area contributed by atoms with Crippen LogP contribution >= 0.6 is 11.3 Å². The zero-order valence-corrected chi connectivity index (χ0v) is 17.0. The number of likely N-dealkylation sites (N-methyl/N-ethyl adjacent to an activating group) is 1. The molecule has 0 spiro atoms. The van der Waals surface area contributed by atoms with Gasteiger partial charge in [0, 0.05) is 43.8 Å². The van der Waals surface area contributed by atoms with E-state index in [2.05, 4.69) is 47.4 Å². The number of hydrogen-bond acceptors (Lipinski definition) is 5. The van der Waals surface area contributed by atoms with Crippen molar-refractivity contribution in [1.29, 1.82) is 0 Å². The topological polar surface area (TPSA) is 61.0 Å². The highest BCUT2D eigenvalue weighted by Gasteiger charge is 2.21. The number of hydrogen-bond donors (Lipinski definition) is 1. The van der Waals surface area contributed by atoms with Gasteiger partial charge in [0.25, 0.3) is 0 Å². The molecule has 0 saturated carbocycles. The summed E-state index contributed by atoms with van der Waals surface area (Å²) in [6.45, 7) is 15.7. The van der Waals surface area contributed by atoms with Crippen LogP contribution in [0.4, 0.5) is 5.13 Å². The molecule has 0 aromatic carbocycles. The molecule has 6 nitrogen and oxygen atoms in total. The third-order valence-corrected chi connectivity index (χ3v) is 5.66. The van der Waals surface area contributed by atoms with Crippen LogP contribution in [0.1, 0.15) is 34.1 Å². The van der Waals surface area contributed by atoms with Gasteiger partial charge >= 0.3 is 0 Å². The Balaban J connectivity index is 1.89. The van der Waals surface area contributed by atoms with E-state index in [-0.39, 0.29) is 0 Å². The Labute approximate surface area is 156 Å². The van der Waals surface area contributed by atoms with Crippen LogP contribution in [0.2, 0.25) is 0 Å². The molecule has 1 aromatic rings. The van der Waals surface area contributed by atoms with Gasteiger partial charge in [-0.25, -0.2) is 4.98 Å². The summed E-state index contributed by atoms with van der Waals surface area (Å²) < 4.78 is 0. The molecule has 0 amide bonds. The van der Waals surface area contributed by atoms with Crippen LogP contribution in [-0.2, 0) is 0 Å². The Kier molecular flexibility index (Phi) is 7.96. The van der Waals surface area contributed by atoms with Crippen molar-refractivity contribution in [3.8, 4) is 0 Å². The zero-order valence-electron chi connectivity index (χ0n) is 16.2. The van der Waals surface area contributed by atoms with E-state index in [1.54, 1.807) is 11.3 Å². The van der Waals surface area contributed by atoms with Crippen LogP contribution in [0.3, 0.4) is 0 Å². The average Bonchev–Trinajstić information content (AvgIpc) is 3.14. The zero-order chi connectivity index (χ0) is 18.2. The smallest absolute Gasteiger partial charge is 0.191 e. The quantitative estimate of drug-likeness (QED) is 0.565. The van der Waals surface area contributed by atoms with Gasteiger partial charge < -0.3 is 15.5 Å². The summed E-state index contributed by atoms with van der Waals surface area (Å²) in [4.78, 5) is 16.2. The molecule has 0 bridgehead atoms. The van der Waals surface area contributed by atoms with E-state index in [0.29, 0.717) is 17.9 Å². The van der Waals surface area contributed by atoms with Gasteiger partial charge in [-0.05, 0) is 25.4 Å². The number of aromatic nitrogens is 1. The maximum Gasteiger partial charge on any atom is 0.191 e. The fourth-order valence-electron chi connectivity index (χ4n) is 3.42. The van der Waals surface area contributed by atoms with Crippen LogP contribution in [-0.4, -0.2) is 72.6 Å². The molecule has 1 saturated heterocycles. The van der Waals surface area contributed by atoms with Crippen molar-refractivity contribution in [3.05, 3.63) is 11.6 Å². The number of rotatable bonds is 8. The Morgan fingerprint density at radius 3 is 2.48 bits per heavy atom. The molecule has 1 aromatic heterocycles. The lowest BCUT2D eigenvalue weighted by molar-refractivity contribution is 0.196. The summed E-state index contributed by atoms with van der Waals surface area (Å²) in [5, 5.41) is 3.13. The minimum Gasteiger partial charge on any atom is -0.370 e. The Morgan fingerprint density at radius 2 is 1.96 bits per heavy atom. The summed E-state index contributed by atoms with van der Waals surface area (Å²) in [5.74, 6) is 1.36. The summed E-state index contributed by atoms with van der Waals surface area (Å²) >= 11 is 1.70. The molecule has 2 rings (SSSR count). The first kappa shape index (κ1) is 20.0. The third-order valence-electron chi connectivity index (χ3n) is 4.83. The van der Waals surface area contributed by atoms with Gasteiger partial charge in [0.2, 0.25) is 0 Å². The number of piperazine rings is 1. The summed E-state index contributed by atoms with van der Waals surface area (Å²) in [6, 6.07) is 0.477. The summed E-state index contributed by atoms with van der Waals surface area (Å²) in [6.07, 6.45) is 3.03. The fourth-order valence-corrected chi connectivity index (χ4v) is 4.12. The second-order valence-electron chi connectivity index (χ2n) is 6.99. The Bertz CT molecular complexity index is 504. The van der Waals surface area contributed by atoms with Gasteiger partial charge in [-0.3, -0.25) is 9.89 Å². The highest BCUT2D eigenvalue weighted by atomic mass is 32.1. The second-order valence-corrected chi connectivity index (χ2v) is 7.87. The monoisotopic (exact) mass is 366 g/mol. The molecule has 0 aliphatic carbocycles. The second kappa shape index (κ2) is 9.97. The number of thiazole rings is 1. The van der Waals surface area contributed by atoms with Crippen molar-refractivity contribution in [2.75, 3.05) is 50.7 Å². The van der Waals surface area contributed by atoms with Gasteiger partial charge in [0.15, 0.2) is 11.1 Å². The number of nitrogens with zero attached hydrogens (tertiary/aromatic N) is 5. The molecule has 1 unspecified atom stereocenters. The van der Waals surface area contributed by atoms with Crippen LogP contribution in [0.15, 0.2) is 16.6 Å². The predicted octanol–water partition coefficient (Wildman–Crippen LogP) is 2.34. The fraction of sp³-hybridized carbons (Fsp3) is 0.778. The largest absolute Gasteiger partial charge is 0.370 e. The molecule has 7 heteroatoms. The van der Waals surface area contributed by atoms with E-state index in [9.17, 15) is 0 Å². The third kappa shape index (κ3) is 5.85. The van der Waals surface area contributed by atoms with Crippen molar-refractivity contribution >= 4 is 22.4 Å². The van der Waals surface area contributed by atoms with Gasteiger partial charge in [0.05, 0.1) is 6.54 Å². The number of aliphatic imine (C=N–C) groups is 1. The highest BCUT2D eigenvalue weighted by Crippen LogP contribution is 2.19. The summed E-state index contributed by atoms with van der Waals surface area (Å²) in [5.41, 5.74) is 6.30. The molecular formula is C18H34N6S. The van der Waals surface area contributed by atoms with E-state index in [4.69, 9.17) is 10.7 Å². The first-order valence-corrected chi connectivity index (χ1v) is 10.4. The lowest BCUT2D eigenvalue weighted by atomic mass is 10.0. The summed E-state index contributed by atoms with van der Waals surface area (Å²) in [7, 11) is 0. The first-order chi connectivity index (χ1) is 12.0. The molecule has 25 heavy (non-hydrogen) atoms. The molecule has 2 N–H and O–H groups in total. The predicted molar refractivity (Wildman–Crippen MR) is 109 cm³/mol. The van der Waals surface area contributed by atoms with Crippen LogP contribution in [0, 0.1) is 5.92 Å². The van der Waals surface area contributed by atoms with Crippen molar-refractivity contribution in [3.63, 3.8) is 0 Å². The van der Waals surface area contributed by atoms with Gasteiger partial charge in [-0.15, -0.1) is 11.3 Å². The number of nitrogens with two attached hydrogens (primary N) is 1. The number of guanidine groups is 1. The van der Waals surface area contributed by atoms with Crippen LogP contribution in [0.25, 0.3) is 0 Å². The van der Waals surface area contributed by atoms with Crippen molar-refractivity contribution < 1.29 is 0 Å². The Hall–Kier alpha value is -1.34. The van der Waals surface area contributed by atoms with Crippen molar-refractivity contribution in [1.82, 2.24) is 14.8 Å². The van der Waals surface area contributed by atoms with E-state index in [1.807, 2.05) is 11.6 Å². The minimum atomic E-state index is 0.477. The van der Waals surface area contributed by atoms with E-state index in [0.717, 1.165) is 57.4 Å². The standard InChI is InChI=1S/C18H34N6S/c1-5-22(6-2)16(13-15(3)4)14-21-17(19)23-8-10-24(11-9-23)18-20-7-12-25-18/h7,12,15-16H,5-6,8-11,13-14H2,1-4H3,(H2,19,21). The van der Waals surface area contributed by atoms with Crippen molar-refractivity contribution in [2.45, 2.75) is 40.2 Å². The van der Waals surface area contributed by atoms with E-state index < -0.39 is 0 Å². The molecule has 2 heterocycles. The highest BCUT2D eigenvalue weighted by molar-refractivity contribution is 7.13. The average molecular weight is 367 g/mol. The van der Waals surface area contributed by atoms with Crippen LogP contribution in [0.5, 0.6) is 0 Å². The number of anilines is 1. The maximum atomic E-state index is 6.30. The molecule has 1 atom stereocenters. The molecule has 1 aliphatic heterocycles. The molecule has 0 radical (unpaired) electrons. The lowest BCUT2D eigenvalue weighted by Crippen LogP contribution is -2.51. The normalized spacial score (nSPS) is 17.6. The van der Waals surface area contributed by atoms with Crippen LogP contribution < -0.4 is 10.6 Å². The van der Waals surface area contributed by atoms with E-state index in [1.165, 1.54) is 0 Å². The van der Waals surface area contributed by atoms with E-state index >= 15 is 0 Å². The van der Waals surface area contributed by atoms with Crippen molar-refractivity contribution in [2.24, 2.45) is 16.6 Å². The SMILES string of the molecule is CCN(CC)C(CN=C(N)N1CCN(c2nccs2)CC1)CC(C)C. The first-order valence-electron chi connectivity index (χ1n) is 9.48. The molecule has 1 aliphatic rings. The molecule has 1 fully saturated rings. The van der Waals surface area contributed by atoms with Gasteiger partial charge in [0.1, 0.15) is 0 Å². The maximum absolute atomic E-state index is 6.30. The van der Waals surface area contributed by atoms with Gasteiger partial charge in [-0.2, -0.15) is 0 Å².